The van der Waals surface area contributed by atoms with E-state index in [2.05, 4.69) is 12.2 Å². The molecule has 0 aromatic heterocycles. The molecule has 6 nitrogen and oxygen atoms in total. The van der Waals surface area contributed by atoms with Crippen molar-refractivity contribution in [3.8, 4) is 11.5 Å². The van der Waals surface area contributed by atoms with Gasteiger partial charge in [0.2, 0.25) is 0 Å². The van der Waals surface area contributed by atoms with Gasteiger partial charge in [-0.3, -0.25) is 4.79 Å². The first-order valence-electron chi connectivity index (χ1n) is 8.81. The van der Waals surface area contributed by atoms with Gasteiger partial charge in [-0.15, -0.1) is 0 Å². The Kier molecular flexibility index (Phi) is 8.28. The number of fused-ring (bicyclic) bond motifs is 1. The molecule has 1 aliphatic heterocycles. The van der Waals surface area contributed by atoms with Gasteiger partial charge in [-0.05, 0) is 30.2 Å². The van der Waals surface area contributed by atoms with Crippen LogP contribution in [0.4, 0.5) is 0 Å². The fourth-order valence-corrected chi connectivity index (χ4v) is 2.62. The van der Waals surface area contributed by atoms with Crippen LogP contribution in [-0.2, 0) is 14.3 Å². The Morgan fingerprint density at radius 2 is 2.08 bits per heavy atom. The minimum Gasteiger partial charge on any atom is -0.489 e. The van der Waals surface area contributed by atoms with Crippen LogP contribution in [0.1, 0.15) is 38.2 Å². The van der Waals surface area contributed by atoms with E-state index in [0.29, 0.717) is 41.8 Å². The van der Waals surface area contributed by atoms with Gasteiger partial charge in [0, 0.05) is 19.0 Å². The van der Waals surface area contributed by atoms with Gasteiger partial charge < -0.3 is 19.5 Å². The van der Waals surface area contributed by atoms with Crippen LogP contribution in [0.25, 0.3) is 6.08 Å². The van der Waals surface area contributed by atoms with Crippen molar-refractivity contribution in [2.24, 2.45) is 0 Å². The number of ether oxygens (including phenoxy) is 3. The molecule has 7 heteroatoms. The SMILES string of the molecule is CCCCCNC(=O)COC(=O)/C=C/c1cc(Cl)c2c(c1)OCCCO2. The van der Waals surface area contributed by atoms with Gasteiger partial charge in [0.15, 0.2) is 18.1 Å². The Morgan fingerprint density at radius 3 is 2.88 bits per heavy atom. The molecule has 0 saturated heterocycles. The van der Waals surface area contributed by atoms with Crippen LogP contribution in [0.2, 0.25) is 5.02 Å². The van der Waals surface area contributed by atoms with Crippen LogP contribution in [0.3, 0.4) is 0 Å². The number of unbranched alkanes of at least 4 members (excludes halogenated alkanes) is 2. The summed E-state index contributed by atoms with van der Waals surface area (Å²) in [6.45, 7) is 3.49. The van der Waals surface area contributed by atoms with Crippen molar-refractivity contribution < 1.29 is 23.8 Å². The van der Waals surface area contributed by atoms with E-state index >= 15 is 0 Å². The van der Waals surface area contributed by atoms with Crippen LogP contribution < -0.4 is 14.8 Å². The fourth-order valence-electron chi connectivity index (χ4n) is 2.35. The molecule has 1 aliphatic rings. The summed E-state index contributed by atoms with van der Waals surface area (Å²) in [5.74, 6) is 0.163. The van der Waals surface area contributed by atoms with Crippen LogP contribution in [0.5, 0.6) is 11.5 Å². The molecule has 1 amide bonds. The van der Waals surface area contributed by atoms with Gasteiger partial charge in [0.05, 0.1) is 18.2 Å². The molecular weight excluding hydrogens is 358 g/mol. The summed E-state index contributed by atoms with van der Waals surface area (Å²) in [7, 11) is 0. The van der Waals surface area contributed by atoms with Crippen molar-refractivity contribution >= 4 is 29.6 Å². The third-order valence-electron chi connectivity index (χ3n) is 3.68. The molecule has 0 spiro atoms. The zero-order valence-electron chi connectivity index (χ0n) is 14.9. The smallest absolute Gasteiger partial charge is 0.331 e. The summed E-state index contributed by atoms with van der Waals surface area (Å²) in [5.41, 5.74) is 0.681. The number of nitrogens with one attached hydrogen (secondary N) is 1. The fraction of sp³-hybridized carbons (Fsp3) is 0.474. The zero-order chi connectivity index (χ0) is 18.8. The lowest BCUT2D eigenvalue weighted by Crippen LogP contribution is -2.29. The van der Waals surface area contributed by atoms with Crippen molar-refractivity contribution in [2.75, 3.05) is 26.4 Å². The minimum atomic E-state index is -0.600. The molecule has 0 bridgehead atoms. The lowest BCUT2D eigenvalue weighted by molar-refractivity contribution is -0.143. The average Bonchev–Trinajstić information content (AvgIpc) is 2.87. The maximum absolute atomic E-state index is 11.7. The standard InChI is InChI=1S/C19H24ClNO5/c1-2-3-4-8-21-17(22)13-26-18(23)7-6-14-11-15(20)19-16(12-14)24-9-5-10-25-19/h6-7,11-12H,2-5,8-10,13H2,1H3,(H,21,22)/b7-6+. The molecule has 0 aliphatic carbocycles. The Hall–Kier alpha value is -2.21. The third kappa shape index (κ3) is 6.59. The number of benzene rings is 1. The first-order valence-corrected chi connectivity index (χ1v) is 9.18. The predicted octanol–water partition coefficient (Wildman–Crippen LogP) is 3.36. The molecule has 0 unspecified atom stereocenters. The highest BCUT2D eigenvalue weighted by Gasteiger charge is 2.15. The molecule has 0 fully saturated rings. The number of carbonyl (C=O) groups excluding carboxylic acids is 2. The normalized spacial score (nSPS) is 13.3. The summed E-state index contributed by atoms with van der Waals surface area (Å²) in [4.78, 5) is 23.3. The molecular formula is C19H24ClNO5. The second-order valence-electron chi connectivity index (χ2n) is 5.88. The zero-order valence-corrected chi connectivity index (χ0v) is 15.6. The van der Waals surface area contributed by atoms with Crippen LogP contribution in [0, 0.1) is 0 Å². The number of hydrogen-bond acceptors (Lipinski definition) is 5. The third-order valence-corrected chi connectivity index (χ3v) is 3.97. The highest BCUT2D eigenvalue weighted by molar-refractivity contribution is 6.32. The molecule has 26 heavy (non-hydrogen) atoms. The van der Waals surface area contributed by atoms with Gasteiger partial charge >= 0.3 is 5.97 Å². The number of amides is 1. The second-order valence-corrected chi connectivity index (χ2v) is 6.29. The van der Waals surface area contributed by atoms with E-state index < -0.39 is 5.97 Å². The highest BCUT2D eigenvalue weighted by Crippen LogP contribution is 2.38. The number of halogens is 1. The largest absolute Gasteiger partial charge is 0.489 e. The van der Waals surface area contributed by atoms with E-state index in [-0.39, 0.29) is 12.5 Å². The molecule has 2 rings (SSSR count). The van der Waals surface area contributed by atoms with E-state index in [4.69, 9.17) is 25.8 Å². The Labute approximate surface area is 158 Å². The molecule has 0 saturated carbocycles. The molecule has 1 aromatic carbocycles. The van der Waals surface area contributed by atoms with E-state index in [1.807, 2.05) is 0 Å². The van der Waals surface area contributed by atoms with Crippen molar-refractivity contribution in [1.29, 1.82) is 0 Å². The first-order chi connectivity index (χ1) is 12.6. The van der Waals surface area contributed by atoms with Crippen molar-refractivity contribution in [3.05, 3.63) is 28.8 Å². The van der Waals surface area contributed by atoms with E-state index in [1.54, 1.807) is 18.2 Å². The first kappa shape index (κ1) is 20.1. The number of rotatable bonds is 8. The van der Waals surface area contributed by atoms with E-state index in [0.717, 1.165) is 25.7 Å². The van der Waals surface area contributed by atoms with Crippen molar-refractivity contribution in [2.45, 2.75) is 32.6 Å². The quantitative estimate of drug-likeness (QED) is 0.424. The second kappa shape index (κ2) is 10.7. The summed E-state index contributed by atoms with van der Waals surface area (Å²) in [6, 6.07) is 3.43. The van der Waals surface area contributed by atoms with Gasteiger partial charge in [0.25, 0.3) is 5.91 Å². The topological polar surface area (TPSA) is 73.9 Å². The van der Waals surface area contributed by atoms with Gasteiger partial charge in [0.1, 0.15) is 0 Å². The molecule has 0 radical (unpaired) electrons. The predicted molar refractivity (Wildman–Crippen MR) is 99.6 cm³/mol. The van der Waals surface area contributed by atoms with Gasteiger partial charge in [-0.1, -0.05) is 31.4 Å². The van der Waals surface area contributed by atoms with Crippen LogP contribution >= 0.6 is 11.6 Å². The summed E-state index contributed by atoms with van der Waals surface area (Å²) in [6.07, 6.45) is 6.65. The van der Waals surface area contributed by atoms with Crippen LogP contribution in [0.15, 0.2) is 18.2 Å². The van der Waals surface area contributed by atoms with Gasteiger partial charge in [-0.25, -0.2) is 4.79 Å². The minimum absolute atomic E-state index is 0.294. The Bertz CT molecular complexity index is 660. The molecule has 1 N–H and O–H groups in total. The lowest BCUT2D eigenvalue weighted by Gasteiger charge is -2.10. The highest BCUT2D eigenvalue weighted by atomic mass is 35.5. The summed E-state index contributed by atoms with van der Waals surface area (Å²) < 4.78 is 16.1. The average molecular weight is 382 g/mol. The molecule has 142 valence electrons. The number of esters is 1. The van der Waals surface area contributed by atoms with Gasteiger partial charge in [-0.2, -0.15) is 0 Å². The van der Waals surface area contributed by atoms with E-state index in [9.17, 15) is 9.59 Å². The molecule has 1 aromatic rings. The van der Waals surface area contributed by atoms with E-state index in [1.165, 1.54) is 6.08 Å². The monoisotopic (exact) mass is 381 g/mol. The lowest BCUT2D eigenvalue weighted by atomic mass is 10.2. The number of hydrogen-bond donors (Lipinski definition) is 1. The molecule has 1 heterocycles. The Balaban J connectivity index is 1.83. The maximum atomic E-state index is 11.7. The number of carbonyl (C=O) groups is 2. The van der Waals surface area contributed by atoms with Crippen molar-refractivity contribution in [1.82, 2.24) is 5.32 Å². The summed E-state index contributed by atoms with van der Waals surface area (Å²) >= 11 is 6.20. The summed E-state index contributed by atoms with van der Waals surface area (Å²) in [5, 5.41) is 3.13. The van der Waals surface area contributed by atoms with Crippen LogP contribution in [-0.4, -0.2) is 38.2 Å². The molecule has 0 atom stereocenters. The van der Waals surface area contributed by atoms with Crippen molar-refractivity contribution in [3.63, 3.8) is 0 Å². The maximum Gasteiger partial charge on any atom is 0.331 e. The Morgan fingerprint density at radius 1 is 1.27 bits per heavy atom.